The van der Waals surface area contributed by atoms with Crippen molar-refractivity contribution in [3.05, 3.63) is 95.0 Å². The lowest BCUT2D eigenvalue weighted by Crippen LogP contribution is -2.25. The van der Waals surface area contributed by atoms with Gasteiger partial charge >= 0.3 is 0 Å². The number of benzene rings is 3. The standard InChI is InChI=1S/C25H22ClN3O4S/c26-19-10-8-18(9-11-19)25(31)28-23-4-2-1-3-22(23)27-24(30)16-7-17-5-14-21(15-6-17)34(32,33)29-20-12-13-20/h1-11,14-16,20,29H,12-13H2,(H,27,30)(H,28,31)/b16-7+. The maximum Gasteiger partial charge on any atom is 0.255 e. The molecule has 1 aliphatic carbocycles. The molecular formula is C25H22ClN3O4S. The lowest BCUT2D eigenvalue weighted by atomic mass is 10.2. The third kappa shape index (κ3) is 6.32. The Morgan fingerprint density at radius 1 is 0.853 bits per heavy atom. The molecule has 34 heavy (non-hydrogen) atoms. The lowest BCUT2D eigenvalue weighted by Gasteiger charge is -2.11. The van der Waals surface area contributed by atoms with E-state index in [9.17, 15) is 18.0 Å². The van der Waals surface area contributed by atoms with Gasteiger partial charge in [-0.15, -0.1) is 0 Å². The van der Waals surface area contributed by atoms with Crippen molar-refractivity contribution in [3.63, 3.8) is 0 Å². The van der Waals surface area contributed by atoms with Gasteiger partial charge in [-0.05, 0) is 73.0 Å². The largest absolute Gasteiger partial charge is 0.321 e. The molecule has 2 amide bonds. The number of amides is 2. The first-order chi connectivity index (χ1) is 16.3. The highest BCUT2D eigenvalue weighted by Gasteiger charge is 2.27. The van der Waals surface area contributed by atoms with E-state index in [0.29, 0.717) is 27.5 Å². The van der Waals surface area contributed by atoms with Crippen LogP contribution in [0.3, 0.4) is 0 Å². The monoisotopic (exact) mass is 495 g/mol. The van der Waals surface area contributed by atoms with Crippen LogP contribution < -0.4 is 15.4 Å². The quantitative estimate of drug-likeness (QED) is 0.394. The molecule has 1 fully saturated rings. The van der Waals surface area contributed by atoms with Gasteiger partial charge in [-0.25, -0.2) is 13.1 Å². The molecule has 1 saturated carbocycles. The molecule has 3 aromatic carbocycles. The molecule has 0 spiro atoms. The zero-order chi connectivity index (χ0) is 24.1. The normalized spacial score (nSPS) is 13.6. The first kappa shape index (κ1) is 23.7. The predicted molar refractivity (Wildman–Crippen MR) is 133 cm³/mol. The number of halogens is 1. The smallest absolute Gasteiger partial charge is 0.255 e. The van der Waals surface area contributed by atoms with E-state index >= 15 is 0 Å². The number of nitrogens with one attached hydrogen (secondary N) is 3. The number of para-hydroxylation sites is 2. The van der Waals surface area contributed by atoms with E-state index in [4.69, 9.17) is 11.6 Å². The summed E-state index contributed by atoms with van der Waals surface area (Å²) in [7, 11) is -3.52. The summed E-state index contributed by atoms with van der Waals surface area (Å²) in [6.45, 7) is 0. The van der Waals surface area contributed by atoms with Crippen molar-refractivity contribution in [3.8, 4) is 0 Å². The van der Waals surface area contributed by atoms with Crippen LogP contribution in [0.25, 0.3) is 6.08 Å². The van der Waals surface area contributed by atoms with E-state index in [1.807, 2.05) is 0 Å². The SMILES string of the molecule is O=C(/C=C/c1ccc(S(=O)(=O)NC2CC2)cc1)Nc1ccccc1NC(=O)c1ccc(Cl)cc1. The highest BCUT2D eigenvalue weighted by molar-refractivity contribution is 7.89. The fraction of sp³-hybridized carbons (Fsp3) is 0.120. The Kier molecular flexibility index (Phi) is 7.12. The van der Waals surface area contributed by atoms with Crippen molar-refractivity contribution < 1.29 is 18.0 Å². The Morgan fingerprint density at radius 2 is 1.47 bits per heavy atom. The van der Waals surface area contributed by atoms with Crippen LogP contribution in [0.15, 0.2) is 83.8 Å². The van der Waals surface area contributed by atoms with E-state index in [0.717, 1.165) is 12.8 Å². The fourth-order valence-corrected chi connectivity index (χ4v) is 4.52. The summed E-state index contributed by atoms with van der Waals surface area (Å²) in [5, 5.41) is 6.05. The number of rotatable bonds is 8. The molecule has 0 unspecified atom stereocenters. The van der Waals surface area contributed by atoms with Crippen molar-refractivity contribution >= 4 is 50.9 Å². The van der Waals surface area contributed by atoms with Gasteiger partial charge in [0.05, 0.1) is 16.3 Å². The number of hydrogen-bond acceptors (Lipinski definition) is 4. The first-order valence-corrected chi connectivity index (χ1v) is 12.4. The Labute approximate surface area is 202 Å². The maximum absolute atomic E-state index is 12.5. The minimum Gasteiger partial charge on any atom is -0.321 e. The molecule has 3 aromatic rings. The number of anilines is 2. The molecule has 3 N–H and O–H groups in total. The van der Waals surface area contributed by atoms with Crippen molar-refractivity contribution in [1.29, 1.82) is 0 Å². The molecule has 0 bridgehead atoms. The van der Waals surface area contributed by atoms with Gasteiger partial charge in [0.1, 0.15) is 0 Å². The van der Waals surface area contributed by atoms with Crippen LogP contribution in [0, 0.1) is 0 Å². The molecule has 1 aliphatic rings. The summed E-state index contributed by atoms with van der Waals surface area (Å²) in [5.74, 6) is -0.736. The Morgan fingerprint density at radius 3 is 2.09 bits per heavy atom. The van der Waals surface area contributed by atoms with Gasteiger partial charge in [0.25, 0.3) is 5.91 Å². The molecule has 0 aliphatic heterocycles. The van der Waals surface area contributed by atoms with Gasteiger partial charge in [0.15, 0.2) is 0 Å². The highest BCUT2D eigenvalue weighted by Crippen LogP contribution is 2.23. The zero-order valence-electron chi connectivity index (χ0n) is 18.0. The van der Waals surface area contributed by atoms with E-state index in [2.05, 4.69) is 15.4 Å². The van der Waals surface area contributed by atoms with E-state index in [1.54, 1.807) is 66.7 Å². The summed E-state index contributed by atoms with van der Waals surface area (Å²) >= 11 is 5.87. The first-order valence-electron chi connectivity index (χ1n) is 10.6. The second-order valence-electron chi connectivity index (χ2n) is 7.79. The maximum atomic E-state index is 12.5. The van der Waals surface area contributed by atoms with E-state index < -0.39 is 15.9 Å². The molecule has 0 heterocycles. The van der Waals surface area contributed by atoms with Crippen LogP contribution in [0.2, 0.25) is 5.02 Å². The van der Waals surface area contributed by atoms with Crippen LogP contribution >= 0.6 is 11.6 Å². The number of sulfonamides is 1. The van der Waals surface area contributed by atoms with Crippen molar-refractivity contribution in [1.82, 2.24) is 4.72 Å². The second kappa shape index (κ2) is 10.2. The average molecular weight is 496 g/mol. The Hall–Kier alpha value is -3.46. The van der Waals surface area contributed by atoms with Crippen molar-refractivity contribution in [2.24, 2.45) is 0 Å². The molecule has 0 radical (unpaired) electrons. The molecular weight excluding hydrogens is 474 g/mol. The number of hydrogen-bond donors (Lipinski definition) is 3. The van der Waals surface area contributed by atoms with Gasteiger partial charge in [0, 0.05) is 22.7 Å². The molecule has 7 nitrogen and oxygen atoms in total. The predicted octanol–water partition coefficient (Wildman–Crippen LogP) is 4.68. The van der Waals surface area contributed by atoms with Crippen LogP contribution in [0.1, 0.15) is 28.8 Å². The van der Waals surface area contributed by atoms with Crippen LogP contribution in [0.4, 0.5) is 11.4 Å². The molecule has 174 valence electrons. The number of carbonyl (C=O) groups excluding carboxylic acids is 2. The molecule has 0 atom stereocenters. The fourth-order valence-electron chi connectivity index (χ4n) is 3.09. The third-order valence-electron chi connectivity index (χ3n) is 5.06. The lowest BCUT2D eigenvalue weighted by molar-refractivity contribution is -0.111. The third-order valence-corrected chi connectivity index (χ3v) is 6.84. The van der Waals surface area contributed by atoms with Gasteiger partial charge in [-0.1, -0.05) is 35.9 Å². The number of carbonyl (C=O) groups is 2. The highest BCUT2D eigenvalue weighted by atomic mass is 35.5. The summed E-state index contributed by atoms with van der Waals surface area (Å²) in [5.41, 5.74) is 1.99. The van der Waals surface area contributed by atoms with E-state index in [1.165, 1.54) is 18.2 Å². The minimum absolute atomic E-state index is 0.0344. The van der Waals surface area contributed by atoms with Gasteiger partial charge in [-0.2, -0.15) is 0 Å². The van der Waals surface area contributed by atoms with Gasteiger partial charge < -0.3 is 10.6 Å². The van der Waals surface area contributed by atoms with Crippen molar-refractivity contribution in [2.45, 2.75) is 23.8 Å². The zero-order valence-corrected chi connectivity index (χ0v) is 19.6. The van der Waals surface area contributed by atoms with Crippen LogP contribution in [0.5, 0.6) is 0 Å². The summed E-state index contributed by atoms with van der Waals surface area (Å²) in [6.07, 6.45) is 4.64. The molecule has 9 heteroatoms. The molecule has 0 aromatic heterocycles. The van der Waals surface area contributed by atoms with Crippen LogP contribution in [-0.4, -0.2) is 26.3 Å². The molecule has 4 rings (SSSR count). The van der Waals surface area contributed by atoms with Crippen molar-refractivity contribution in [2.75, 3.05) is 10.6 Å². The topological polar surface area (TPSA) is 104 Å². The summed E-state index contributed by atoms with van der Waals surface area (Å²) < 4.78 is 27.1. The summed E-state index contributed by atoms with van der Waals surface area (Å²) in [4.78, 5) is 25.1. The summed E-state index contributed by atoms with van der Waals surface area (Å²) in [6, 6.07) is 19.6. The molecule has 0 saturated heterocycles. The van der Waals surface area contributed by atoms with Gasteiger partial charge in [-0.3, -0.25) is 9.59 Å². The second-order valence-corrected chi connectivity index (χ2v) is 9.94. The minimum atomic E-state index is -3.52. The Bertz CT molecular complexity index is 1330. The van der Waals surface area contributed by atoms with E-state index in [-0.39, 0.29) is 16.8 Å². The average Bonchev–Trinajstić information content (AvgIpc) is 3.63. The Balaban J connectivity index is 1.39. The van der Waals surface area contributed by atoms with Gasteiger partial charge in [0.2, 0.25) is 15.9 Å². The van der Waals surface area contributed by atoms with Crippen LogP contribution in [-0.2, 0) is 14.8 Å².